The molecule has 30 heavy (non-hydrogen) atoms. The van der Waals surface area contributed by atoms with Crippen LogP contribution in [0, 0.1) is 27.4 Å². The Morgan fingerprint density at radius 3 is 2.67 bits per heavy atom. The van der Waals surface area contributed by atoms with Crippen LogP contribution in [0.25, 0.3) is 6.08 Å². The summed E-state index contributed by atoms with van der Waals surface area (Å²) in [5.74, 6) is 1.81. The third-order valence-corrected chi connectivity index (χ3v) is 8.04. The second-order valence-corrected chi connectivity index (χ2v) is 9.52. The van der Waals surface area contributed by atoms with Gasteiger partial charge in [0.2, 0.25) is 0 Å². The summed E-state index contributed by atoms with van der Waals surface area (Å²) in [5.41, 5.74) is 4.57. The monoisotopic (exact) mass is 405 g/mol. The van der Waals surface area contributed by atoms with Gasteiger partial charge < -0.3 is 10.2 Å². The Kier molecular flexibility index (Phi) is 4.47. The number of nitro benzene ring substituents is 1. The van der Waals surface area contributed by atoms with Crippen LogP contribution < -0.4 is 0 Å². The van der Waals surface area contributed by atoms with E-state index in [0.717, 1.165) is 43.2 Å². The van der Waals surface area contributed by atoms with Crippen LogP contribution in [0.2, 0.25) is 0 Å². The zero-order valence-corrected chi connectivity index (χ0v) is 17.1. The van der Waals surface area contributed by atoms with Crippen LogP contribution in [0.4, 0.5) is 5.69 Å². The predicted octanol–water partition coefficient (Wildman–Crippen LogP) is 5.21. The molecule has 0 aromatic heterocycles. The van der Waals surface area contributed by atoms with E-state index in [4.69, 9.17) is 0 Å². The number of aliphatic hydroxyl groups is 1. The Morgan fingerprint density at radius 1 is 1.17 bits per heavy atom. The van der Waals surface area contributed by atoms with Gasteiger partial charge in [-0.3, -0.25) is 10.1 Å². The average molecular weight is 405 g/mol. The summed E-state index contributed by atoms with van der Waals surface area (Å²) < 4.78 is 0. The lowest BCUT2D eigenvalue weighted by molar-refractivity contribution is -0.384. The summed E-state index contributed by atoms with van der Waals surface area (Å²) in [6.07, 6.45) is 6.56. The first-order valence-corrected chi connectivity index (χ1v) is 10.8. The molecule has 2 saturated carbocycles. The average Bonchev–Trinajstić information content (AvgIpc) is 2.98. The molecule has 0 saturated heterocycles. The van der Waals surface area contributed by atoms with Gasteiger partial charge in [-0.05, 0) is 96.4 Å². The second-order valence-electron chi connectivity index (χ2n) is 9.52. The number of hydrogen-bond donors (Lipinski definition) is 2. The Labute approximate surface area is 176 Å². The molecule has 0 radical (unpaired) electrons. The van der Waals surface area contributed by atoms with E-state index < -0.39 is 11.0 Å². The van der Waals surface area contributed by atoms with Crippen LogP contribution in [0.3, 0.4) is 0 Å². The van der Waals surface area contributed by atoms with Gasteiger partial charge in [-0.2, -0.15) is 0 Å². The predicted molar refractivity (Wildman–Crippen MR) is 115 cm³/mol. The number of fused-ring (bicyclic) bond motifs is 5. The van der Waals surface area contributed by atoms with Crippen LogP contribution in [-0.2, 0) is 6.42 Å². The van der Waals surface area contributed by atoms with Crippen molar-refractivity contribution in [2.45, 2.75) is 51.0 Å². The first-order valence-electron chi connectivity index (χ1n) is 10.8. The topological polar surface area (TPSA) is 83.6 Å². The molecule has 0 bridgehead atoms. The molecule has 2 aromatic carbocycles. The maximum Gasteiger partial charge on any atom is 0.269 e. The van der Waals surface area contributed by atoms with Gasteiger partial charge >= 0.3 is 0 Å². The molecule has 156 valence electrons. The molecule has 0 amide bonds. The van der Waals surface area contributed by atoms with Gasteiger partial charge in [0.15, 0.2) is 0 Å². The molecule has 2 aromatic rings. The van der Waals surface area contributed by atoms with Crippen molar-refractivity contribution in [2.75, 3.05) is 0 Å². The highest BCUT2D eigenvalue weighted by atomic mass is 16.6. The van der Waals surface area contributed by atoms with E-state index in [2.05, 4.69) is 13.0 Å². The highest BCUT2D eigenvalue weighted by Gasteiger charge is 2.56. The molecule has 5 rings (SSSR count). The van der Waals surface area contributed by atoms with E-state index in [1.54, 1.807) is 18.2 Å². The maximum atomic E-state index is 11.3. The largest absolute Gasteiger partial charge is 0.508 e. The number of aliphatic hydroxyl groups excluding tert-OH is 1. The van der Waals surface area contributed by atoms with Gasteiger partial charge in [0.1, 0.15) is 5.75 Å². The van der Waals surface area contributed by atoms with Crippen molar-refractivity contribution >= 4 is 11.8 Å². The third kappa shape index (κ3) is 2.95. The Hall–Kier alpha value is -2.66. The number of benzene rings is 2. The lowest BCUT2D eigenvalue weighted by Crippen LogP contribution is -2.44. The first kappa shape index (κ1) is 19.3. The summed E-state index contributed by atoms with van der Waals surface area (Å²) in [6, 6.07) is 12.4. The molecule has 3 aliphatic carbocycles. The molecule has 3 aliphatic rings. The highest BCUT2D eigenvalue weighted by molar-refractivity contribution is 5.57. The smallest absolute Gasteiger partial charge is 0.269 e. The summed E-state index contributed by atoms with van der Waals surface area (Å²) in [7, 11) is 0. The fourth-order valence-electron chi connectivity index (χ4n) is 6.47. The Morgan fingerprint density at radius 2 is 1.93 bits per heavy atom. The van der Waals surface area contributed by atoms with Gasteiger partial charge in [0.25, 0.3) is 5.69 Å². The van der Waals surface area contributed by atoms with Crippen LogP contribution >= 0.6 is 0 Å². The minimum absolute atomic E-state index is 0.0829. The Bertz CT molecular complexity index is 1030. The van der Waals surface area contributed by atoms with E-state index in [1.165, 1.54) is 23.3 Å². The van der Waals surface area contributed by atoms with Crippen molar-refractivity contribution in [2.24, 2.45) is 17.3 Å². The molecule has 0 heterocycles. The lowest BCUT2D eigenvalue weighted by atomic mass is 9.55. The lowest BCUT2D eigenvalue weighted by Gasteiger charge is -2.49. The summed E-state index contributed by atoms with van der Waals surface area (Å²) in [5, 5.41) is 32.0. The highest BCUT2D eigenvalue weighted by Crippen LogP contribution is 2.62. The van der Waals surface area contributed by atoms with Crippen molar-refractivity contribution in [3.05, 3.63) is 74.8 Å². The minimum atomic E-state index is -0.472. The zero-order valence-electron chi connectivity index (χ0n) is 17.1. The van der Waals surface area contributed by atoms with Gasteiger partial charge in [-0.1, -0.05) is 19.1 Å². The van der Waals surface area contributed by atoms with Crippen molar-refractivity contribution in [3.8, 4) is 5.75 Å². The number of non-ortho nitro benzene ring substituents is 1. The van der Waals surface area contributed by atoms with Crippen LogP contribution in [-0.4, -0.2) is 21.2 Å². The number of aryl methyl sites for hydroxylation is 1. The SMILES string of the molecule is C[C@]12CCC3c4ccc(O)cc4CCC3C1C/C(=C\c1ccc([N+](=O)[O-])cc1)[C@@H]2O. The number of nitro groups is 1. The van der Waals surface area contributed by atoms with E-state index in [1.807, 2.05) is 12.1 Å². The molecule has 3 unspecified atom stereocenters. The summed E-state index contributed by atoms with van der Waals surface area (Å²) in [4.78, 5) is 10.5. The standard InChI is InChI=1S/C25H27NO4/c1-25-11-10-21-20-9-7-19(27)13-16(20)4-8-22(21)23(25)14-17(24(25)28)12-15-2-5-18(6-3-15)26(29)30/h2-3,5-7,9,12-13,21-24,27-28H,4,8,10-11,14H2,1H3/b17-12+/t21?,22?,23?,24-,25-/m0/s1. The van der Waals surface area contributed by atoms with Crippen LogP contribution in [0.15, 0.2) is 48.0 Å². The Balaban J connectivity index is 1.44. The maximum absolute atomic E-state index is 11.3. The van der Waals surface area contributed by atoms with E-state index >= 15 is 0 Å². The van der Waals surface area contributed by atoms with Crippen LogP contribution in [0.1, 0.15) is 55.2 Å². The molecule has 5 heteroatoms. The van der Waals surface area contributed by atoms with Gasteiger partial charge in [-0.25, -0.2) is 0 Å². The van der Waals surface area contributed by atoms with E-state index in [0.29, 0.717) is 23.5 Å². The van der Waals surface area contributed by atoms with Crippen molar-refractivity contribution < 1.29 is 15.1 Å². The minimum Gasteiger partial charge on any atom is -0.508 e. The van der Waals surface area contributed by atoms with Crippen molar-refractivity contribution in [1.29, 1.82) is 0 Å². The molecule has 5 atom stereocenters. The number of nitrogens with zero attached hydrogens (tertiary/aromatic N) is 1. The molecule has 0 aliphatic heterocycles. The van der Waals surface area contributed by atoms with Gasteiger partial charge in [0, 0.05) is 17.5 Å². The normalized spacial score (nSPS) is 33.6. The second kappa shape index (κ2) is 6.95. The fraction of sp³-hybridized carbons (Fsp3) is 0.440. The molecular weight excluding hydrogens is 378 g/mol. The molecule has 5 nitrogen and oxygen atoms in total. The molecule has 0 spiro atoms. The molecular formula is C25H27NO4. The van der Waals surface area contributed by atoms with Gasteiger partial charge in [0.05, 0.1) is 11.0 Å². The van der Waals surface area contributed by atoms with Crippen LogP contribution in [0.5, 0.6) is 5.75 Å². The zero-order chi connectivity index (χ0) is 21.0. The van der Waals surface area contributed by atoms with E-state index in [9.17, 15) is 20.3 Å². The first-order chi connectivity index (χ1) is 14.4. The summed E-state index contributed by atoms with van der Waals surface area (Å²) >= 11 is 0. The number of aromatic hydroxyl groups is 1. The van der Waals surface area contributed by atoms with Crippen molar-refractivity contribution in [3.63, 3.8) is 0 Å². The molecule has 2 N–H and O–H groups in total. The summed E-state index contributed by atoms with van der Waals surface area (Å²) in [6.45, 7) is 2.24. The number of rotatable bonds is 2. The fourth-order valence-corrected chi connectivity index (χ4v) is 6.47. The number of hydrogen-bond acceptors (Lipinski definition) is 4. The molecule has 2 fully saturated rings. The number of phenolic OH excluding ortho intramolecular Hbond substituents is 1. The quantitative estimate of drug-likeness (QED) is 0.531. The van der Waals surface area contributed by atoms with Gasteiger partial charge in [-0.15, -0.1) is 0 Å². The number of phenols is 1. The van der Waals surface area contributed by atoms with E-state index in [-0.39, 0.29) is 11.1 Å². The van der Waals surface area contributed by atoms with Crippen molar-refractivity contribution in [1.82, 2.24) is 0 Å². The third-order valence-electron chi connectivity index (χ3n) is 8.04.